The van der Waals surface area contributed by atoms with Crippen molar-refractivity contribution in [3.05, 3.63) is 27.5 Å². The molecule has 0 N–H and O–H groups in total. The van der Waals surface area contributed by atoms with Crippen molar-refractivity contribution < 1.29 is 13.6 Å². The minimum absolute atomic E-state index is 0.109. The average molecular weight is 284 g/mol. The summed E-state index contributed by atoms with van der Waals surface area (Å²) in [6, 6.07) is 0. The topological polar surface area (TPSA) is 30.0 Å². The van der Waals surface area contributed by atoms with Crippen LogP contribution in [0.5, 0.6) is 0 Å². The molecule has 0 aromatic carbocycles. The fourth-order valence-electron chi connectivity index (χ4n) is 0.938. The zero-order valence-electron chi connectivity index (χ0n) is 6.81. The molecule has 1 aromatic heterocycles. The first-order valence-electron chi connectivity index (χ1n) is 3.58. The number of hydrogen-bond acceptors (Lipinski definition) is 2. The second-order valence-electron chi connectivity index (χ2n) is 2.45. The minimum Gasteiger partial charge on any atom is -0.298 e. The molecule has 0 bridgehead atoms. The number of carbonyl (C=O) groups is 1. The van der Waals surface area contributed by atoms with Gasteiger partial charge in [0.1, 0.15) is 5.69 Å². The number of nitrogens with zero attached hydrogens (tertiary/aromatic N) is 1. The number of halogens is 4. The van der Waals surface area contributed by atoms with Gasteiger partial charge in [-0.25, -0.2) is 8.78 Å². The van der Waals surface area contributed by atoms with Crippen molar-refractivity contribution in [2.24, 2.45) is 0 Å². The molecule has 0 atom stereocenters. The number of pyridine rings is 1. The normalized spacial score (nSPS) is 10.6. The Labute approximate surface area is 92.4 Å². The molecule has 6 heteroatoms. The summed E-state index contributed by atoms with van der Waals surface area (Å²) >= 11 is 8.55. The van der Waals surface area contributed by atoms with Crippen LogP contribution in [0.25, 0.3) is 0 Å². The number of hydrogen-bond donors (Lipinski definition) is 0. The highest BCUT2D eigenvalue weighted by Crippen LogP contribution is 2.28. The van der Waals surface area contributed by atoms with Gasteiger partial charge < -0.3 is 0 Å². The molecule has 0 saturated heterocycles. The van der Waals surface area contributed by atoms with Crippen LogP contribution in [0.4, 0.5) is 8.78 Å². The molecule has 1 aromatic rings. The Morgan fingerprint density at radius 3 is 2.71 bits per heavy atom. The van der Waals surface area contributed by atoms with E-state index in [2.05, 4.69) is 20.9 Å². The van der Waals surface area contributed by atoms with Crippen LogP contribution in [0.3, 0.4) is 0 Å². The van der Waals surface area contributed by atoms with E-state index in [9.17, 15) is 13.6 Å². The lowest BCUT2D eigenvalue weighted by atomic mass is 10.1. The van der Waals surface area contributed by atoms with Crippen LogP contribution in [0, 0.1) is 0 Å². The predicted molar refractivity (Wildman–Crippen MR) is 51.8 cm³/mol. The number of rotatable bonds is 3. The Kier molecular flexibility index (Phi) is 3.95. The van der Waals surface area contributed by atoms with Crippen molar-refractivity contribution in [1.82, 2.24) is 4.98 Å². The number of carbonyl (C=O) groups excluding carboxylic acids is 1. The number of aromatic nitrogens is 1. The van der Waals surface area contributed by atoms with Crippen molar-refractivity contribution in [1.29, 1.82) is 0 Å². The molecule has 0 amide bonds. The summed E-state index contributed by atoms with van der Waals surface area (Å²) in [7, 11) is 0. The van der Waals surface area contributed by atoms with Gasteiger partial charge in [0.25, 0.3) is 6.43 Å². The minimum atomic E-state index is -2.77. The zero-order chi connectivity index (χ0) is 10.7. The van der Waals surface area contributed by atoms with Crippen LogP contribution in [0.15, 0.2) is 10.7 Å². The van der Waals surface area contributed by atoms with E-state index in [0.717, 1.165) is 0 Å². The highest BCUT2D eigenvalue weighted by molar-refractivity contribution is 9.10. The first kappa shape index (κ1) is 11.5. The number of alkyl halides is 3. The molecule has 0 saturated carbocycles. The largest absolute Gasteiger partial charge is 0.298 e. The van der Waals surface area contributed by atoms with Gasteiger partial charge in [-0.3, -0.25) is 9.78 Å². The first-order chi connectivity index (χ1) is 6.61. The lowest BCUT2D eigenvalue weighted by molar-refractivity contribution is 0.110. The van der Waals surface area contributed by atoms with Gasteiger partial charge >= 0.3 is 0 Å². The summed E-state index contributed by atoms with van der Waals surface area (Å²) in [5.74, 6) is 0.109. The van der Waals surface area contributed by atoms with Gasteiger partial charge in [-0.1, -0.05) is 0 Å². The van der Waals surface area contributed by atoms with Crippen molar-refractivity contribution >= 4 is 33.8 Å². The molecule has 0 aliphatic heterocycles. The smallest absolute Gasteiger partial charge is 0.281 e. The third-order valence-electron chi connectivity index (χ3n) is 1.62. The quantitative estimate of drug-likeness (QED) is 0.629. The van der Waals surface area contributed by atoms with E-state index in [1.807, 2.05) is 0 Å². The highest BCUT2D eigenvalue weighted by Gasteiger charge is 2.18. The zero-order valence-corrected chi connectivity index (χ0v) is 9.15. The van der Waals surface area contributed by atoms with Crippen molar-refractivity contribution in [3.8, 4) is 0 Å². The van der Waals surface area contributed by atoms with Crippen LogP contribution in [-0.2, 0) is 5.88 Å². The summed E-state index contributed by atoms with van der Waals surface area (Å²) < 4.78 is 25.0. The molecule has 0 radical (unpaired) electrons. The molecule has 14 heavy (non-hydrogen) atoms. The fourth-order valence-corrected chi connectivity index (χ4v) is 1.84. The van der Waals surface area contributed by atoms with E-state index >= 15 is 0 Å². The van der Waals surface area contributed by atoms with Crippen LogP contribution in [-0.4, -0.2) is 11.3 Å². The summed E-state index contributed by atoms with van der Waals surface area (Å²) in [4.78, 5) is 14.1. The molecule has 0 spiro atoms. The summed E-state index contributed by atoms with van der Waals surface area (Å²) in [6.07, 6.45) is -1.20. The van der Waals surface area contributed by atoms with Crippen LogP contribution in [0.2, 0.25) is 0 Å². The fraction of sp³-hybridized carbons (Fsp3) is 0.250. The number of aldehydes is 1. The summed E-state index contributed by atoms with van der Waals surface area (Å²) in [5, 5.41) is 0. The van der Waals surface area contributed by atoms with Gasteiger partial charge in [0.05, 0.1) is 11.4 Å². The highest BCUT2D eigenvalue weighted by atomic mass is 79.9. The lowest BCUT2D eigenvalue weighted by Gasteiger charge is -2.07. The van der Waals surface area contributed by atoms with Crippen LogP contribution >= 0.6 is 27.5 Å². The maximum absolute atomic E-state index is 12.4. The molecule has 1 rings (SSSR count). The lowest BCUT2D eigenvalue weighted by Crippen LogP contribution is -2.01. The van der Waals surface area contributed by atoms with Crippen LogP contribution < -0.4 is 0 Å². The maximum atomic E-state index is 12.4. The Morgan fingerprint density at radius 2 is 2.29 bits per heavy atom. The van der Waals surface area contributed by atoms with Crippen molar-refractivity contribution in [2.75, 3.05) is 0 Å². The molecule has 1 heterocycles. The van der Waals surface area contributed by atoms with Crippen molar-refractivity contribution in [3.63, 3.8) is 0 Å². The standard InChI is InChI=1S/C8H5BrClF2NO/c9-6-4(1-10)2-13-7(8(11)12)5(6)3-14/h2-3,8H,1H2. The SMILES string of the molecule is O=Cc1c(C(F)F)ncc(CCl)c1Br. The second kappa shape index (κ2) is 4.79. The Balaban J connectivity index is 3.35. The predicted octanol–water partition coefficient (Wildman–Crippen LogP) is 3.33. The van der Waals surface area contributed by atoms with Crippen LogP contribution in [0.1, 0.15) is 28.0 Å². The van der Waals surface area contributed by atoms with E-state index in [4.69, 9.17) is 11.6 Å². The monoisotopic (exact) mass is 283 g/mol. The van der Waals surface area contributed by atoms with Gasteiger partial charge in [-0.2, -0.15) is 0 Å². The maximum Gasteiger partial charge on any atom is 0.281 e. The van der Waals surface area contributed by atoms with E-state index in [1.165, 1.54) is 6.20 Å². The molecular weight excluding hydrogens is 279 g/mol. The molecule has 0 aliphatic carbocycles. The molecule has 2 nitrogen and oxygen atoms in total. The van der Waals surface area contributed by atoms with Crippen molar-refractivity contribution in [2.45, 2.75) is 12.3 Å². The molecule has 0 unspecified atom stereocenters. The van der Waals surface area contributed by atoms with Gasteiger partial charge in [-0.15, -0.1) is 11.6 Å². The second-order valence-corrected chi connectivity index (χ2v) is 3.51. The Morgan fingerprint density at radius 1 is 1.64 bits per heavy atom. The van der Waals surface area contributed by atoms with E-state index in [0.29, 0.717) is 11.8 Å². The van der Waals surface area contributed by atoms with E-state index in [-0.39, 0.29) is 15.9 Å². The van der Waals surface area contributed by atoms with Gasteiger partial charge in [0.2, 0.25) is 0 Å². The summed E-state index contributed by atoms with van der Waals surface area (Å²) in [5.41, 5.74) is -0.156. The molecule has 0 aliphatic rings. The molecular formula is C8H5BrClF2NO. The summed E-state index contributed by atoms with van der Waals surface area (Å²) in [6.45, 7) is 0. The van der Waals surface area contributed by atoms with Gasteiger partial charge in [-0.05, 0) is 15.9 Å². The van der Waals surface area contributed by atoms with Gasteiger partial charge in [0.15, 0.2) is 6.29 Å². The third-order valence-corrected chi connectivity index (χ3v) is 2.85. The Hall–Kier alpha value is -0.550. The Bertz CT molecular complexity index is 359. The first-order valence-corrected chi connectivity index (χ1v) is 4.91. The molecule has 0 fully saturated rings. The molecule has 76 valence electrons. The van der Waals surface area contributed by atoms with E-state index < -0.39 is 12.1 Å². The van der Waals surface area contributed by atoms with E-state index in [1.54, 1.807) is 0 Å². The average Bonchev–Trinajstić information content (AvgIpc) is 2.17. The van der Waals surface area contributed by atoms with Gasteiger partial charge in [0, 0.05) is 16.2 Å². The third kappa shape index (κ3) is 2.09.